The number of carbonyl (C=O) groups is 1. The molecule has 208 valence electrons. The van der Waals surface area contributed by atoms with E-state index in [0.717, 1.165) is 74.8 Å². The molecule has 6 rings (SSSR count). The number of H-pyrrole nitrogens is 1. The summed E-state index contributed by atoms with van der Waals surface area (Å²) in [5.74, 6) is 2.43. The third-order valence-electron chi connectivity index (χ3n) is 9.87. The van der Waals surface area contributed by atoms with E-state index in [4.69, 9.17) is 4.98 Å². The smallest absolute Gasteiger partial charge is 0.321 e. The van der Waals surface area contributed by atoms with Crippen LogP contribution in [0.2, 0.25) is 0 Å². The highest BCUT2D eigenvalue weighted by Crippen LogP contribution is 2.38. The highest BCUT2D eigenvalue weighted by atomic mass is 16.4. The van der Waals surface area contributed by atoms with Gasteiger partial charge in [0.25, 0.3) is 0 Å². The summed E-state index contributed by atoms with van der Waals surface area (Å²) in [5, 5.41) is 10.3. The molecule has 3 fully saturated rings. The molecule has 2 aromatic carbocycles. The molecule has 3 unspecified atom stereocenters. The molecule has 0 amide bonds. The van der Waals surface area contributed by atoms with Crippen LogP contribution in [0.3, 0.4) is 0 Å². The lowest BCUT2D eigenvalue weighted by atomic mass is 9.83. The molecule has 1 aromatic heterocycles. The SMILES string of the molecule is O=C(O)C(C1CCCCC1)N1CC(CN2CCC(CCc3nc4ccccc4[nH]3)CC2)C(c2ccccc2)C1. The van der Waals surface area contributed by atoms with Crippen LogP contribution in [-0.2, 0) is 11.2 Å². The van der Waals surface area contributed by atoms with Gasteiger partial charge in [0.1, 0.15) is 11.9 Å². The van der Waals surface area contributed by atoms with Gasteiger partial charge in [-0.1, -0.05) is 61.7 Å². The molecule has 0 bridgehead atoms. The number of aromatic amines is 1. The number of aliphatic carboxylic acids is 1. The van der Waals surface area contributed by atoms with E-state index in [1.165, 1.54) is 44.1 Å². The van der Waals surface area contributed by atoms with Crippen LogP contribution < -0.4 is 0 Å². The van der Waals surface area contributed by atoms with Gasteiger partial charge in [0.2, 0.25) is 0 Å². The van der Waals surface area contributed by atoms with Gasteiger partial charge in [-0.25, -0.2) is 4.98 Å². The van der Waals surface area contributed by atoms with Crippen LogP contribution in [0, 0.1) is 17.8 Å². The maximum Gasteiger partial charge on any atom is 0.321 e. The molecule has 1 aliphatic carbocycles. The van der Waals surface area contributed by atoms with Gasteiger partial charge in [0.05, 0.1) is 11.0 Å². The van der Waals surface area contributed by atoms with Crippen molar-refractivity contribution in [3.63, 3.8) is 0 Å². The van der Waals surface area contributed by atoms with Crippen molar-refractivity contribution in [2.75, 3.05) is 32.7 Å². The van der Waals surface area contributed by atoms with E-state index in [2.05, 4.69) is 63.3 Å². The van der Waals surface area contributed by atoms with E-state index < -0.39 is 5.97 Å². The zero-order valence-electron chi connectivity index (χ0n) is 23.2. The fourth-order valence-electron chi connectivity index (χ4n) is 7.75. The third-order valence-corrected chi connectivity index (χ3v) is 9.87. The monoisotopic (exact) mass is 528 g/mol. The summed E-state index contributed by atoms with van der Waals surface area (Å²) in [7, 11) is 0. The van der Waals surface area contributed by atoms with Crippen molar-refractivity contribution in [2.45, 2.75) is 69.7 Å². The predicted molar refractivity (Wildman–Crippen MR) is 156 cm³/mol. The number of hydrogen-bond acceptors (Lipinski definition) is 4. The summed E-state index contributed by atoms with van der Waals surface area (Å²) in [6.45, 7) is 5.14. The molecule has 3 aliphatic rings. The molecule has 6 nitrogen and oxygen atoms in total. The Kier molecular flexibility index (Phi) is 8.31. The summed E-state index contributed by atoms with van der Waals surface area (Å²) in [6.07, 6.45) is 10.4. The number of para-hydroxylation sites is 2. The first-order valence-electron chi connectivity index (χ1n) is 15.3. The van der Waals surface area contributed by atoms with Gasteiger partial charge in [-0.2, -0.15) is 0 Å². The van der Waals surface area contributed by atoms with Crippen molar-refractivity contribution < 1.29 is 9.90 Å². The van der Waals surface area contributed by atoms with Crippen molar-refractivity contribution in [3.05, 3.63) is 66.0 Å². The second-order valence-electron chi connectivity index (χ2n) is 12.4. The predicted octanol–water partition coefficient (Wildman–Crippen LogP) is 5.96. The number of likely N-dealkylation sites (tertiary alicyclic amines) is 2. The van der Waals surface area contributed by atoms with Crippen LogP contribution in [0.5, 0.6) is 0 Å². The number of imidazole rings is 1. The number of aromatic nitrogens is 2. The number of aryl methyl sites for hydroxylation is 1. The molecule has 0 radical (unpaired) electrons. The molecule has 3 heterocycles. The third kappa shape index (κ3) is 6.22. The van der Waals surface area contributed by atoms with Crippen LogP contribution in [-0.4, -0.2) is 69.6 Å². The van der Waals surface area contributed by atoms with Crippen LogP contribution >= 0.6 is 0 Å². The maximum absolute atomic E-state index is 12.5. The van der Waals surface area contributed by atoms with Crippen molar-refractivity contribution in [3.8, 4) is 0 Å². The number of fused-ring (bicyclic) bond motifs is 1. The summed E-state index contributed by atoms with van der Waals surface area (Å²) >= 11 is 0. The number of rotatable bonds is 9. The van der Waals surface area contributed by atoms with Crippen LogP contribution in [0.25, 0.3) is 11.0 Å². The van der Waals surface area contributed by atoms with Gasteiger partial charge < -0.3 is 15.0 Å². The minimum atomic E-state index is -0.611. The lowest BCUT2D eigenvalue weighted by Crippen LogP contribution is -2.46. The molecule has 2 N–H and O–H groups in total. The molecule has 0 spiro atoms. The van der Waals surface area contributed by atoms with Gasteiger partial charge >= 0.3 is 5.97 Å². The molecular weight excluding hydrogens is 484 g/mol. The standard InChI is InChI=1S/C33H44N4O2/c38-33(39)32(26-11-5-2-6-12-26)37-22-27(28(23-37)25-9-3-1-4-10-25)21-36-19-17-24(18-20-36)15-16-31-34-29-13-7-8-14-30(29)35-31/h1,3-4,7-10,13-14,24,26-28,32H,2,5-6,11-12,15-23H2,(H,34,35)(H,38,39). The van der Waals surface area contributed by atoms with Crippen LogP contribution in [0.4, 0.5) is 0 Å². The van der Waals surface area contributed by atoms with E-state index >= 15 is 0 Å². The van der Waals surface area contributed by atoms with Gasteiger partial charge in [-0.3, -0.25) is 9.69 Å². The van der Waals surface area contributed by atoms with E-state index in [0.29, 0.717) is 17.8 Å². The Labute approximate surface area is 232 Å². The lowest BCUT2D eigenvalue weighted by Gasteiger charge is -2.35. The fraction of sp³-hybridized carbons (Fsp3) is 0.576. The molecule has 2 saturated heterocycles. The molecule has 3 atom stereocenters. The highest BCUT2D eigenvalue weighted by molar-refractivity contribution is 5.75. The summed E-state index contributed by atoms with van der Waals surface area (Å²) in [6, 6.07) is 18.8. The number of piperidine rings is 1. The number of carboxylic acids is 1. The molecular formula is C33H44N4O2. The average Bonchev–Trinajstić information content (AvgIpc) is 3.57. The number of carboxylic acid groups (broad SMARTS) is 1. The van der Waals surface area contributed by atoms with Crippen molar-refractivity contribution in [1.82, 2.24) is 19.8 Å². The minimum absolute atomic E-state index is 0.300. The Morgan fingerprint density at radius 1 is 0.949 bits per heavy atom. The highest BCUT2D eigenvalue weighted by Gasteiger charge is 2.43. The Morgan fingerprint density at radius 2 is 1.69 bits per heavy atom. The van der Waals surface area contributed by atoms with Gasteiger partial charge in [-0.15, -0.1) is 0 Å². The van der Waals surface area contributed by atoms with Crippen molar-refractivity contribution >= 4 is 17.0 Å². The van der Waals surface area contributed by atoms with E-state index in [1.807, 2.05) is 6.07 Å². The Balaban J connectivity index is 1.07. The number of nitrogens with one attached hydrogen (secondary N) is 1. The normalized spacial score (nSPS) is 24.8. The summed E-state index contributed by atoms with van der Waals surface area (Å²) in [4.78, 5) is 25.8. The minimum Gasteiger partial charge on any atom is -0.480 e. The number of benzene rings is 2. The molecule has 2 aliphatic heterocycles. The molecule has 6 heteroatoms. The van der Waals surface area contributed by atoms with E-state index in [-0.39, 0.29) is 6.04 Å². The zero-order valence-corrected chi connectivity index (χ0v) is 23.2. The van der Waals surface area contributed by atoms with Gasteiger partial charge in [0, 0.05) is 32.0 Å². The average molecular weight is 529 g/mol. The second-order valence-corrected chi connectivity index (χ2v) is 12.4. The van der Waals surface area contributed by atoms with Crippen LogP contribution in [0.1, 0.15) is 68.7 Å². The first-order chi connectivity index (χ1) is 19.1. The van der Waals surface area contributed by atoms with Gasteiger partial charge in [-0.05, 0) is 80.6 Å². The quantitative estimate of drug-likeness (QED) is 0.359. The molecule has 1 saturated carbocycles. The first-order valence-corrected chi connectivity index (χ1v) is 15.3. The zero-order chi connectivity index (χ0) is 26.6. The van der Waals surface area contributed by atoms with Crippen LogP contribution in [0.15, 0.2) is 54.6 Å². The Morgan fingerprint density at radius 3 is 2.44 bits per heavy atom. The van der Waals surface area contributed by atoms with Crippen molar-refractivity contribution in [2.24, 2.45) is 17.8 Å². The summed E-state index contributed by atoms with van der Waals surface area (Å²) in [5.41, 5.74) is 3.57. The molecule has 3 aromatic rings. The first kappa shape index (κ1) is 26.5. The fourth-order valence-corrected chi connectivity index (χ4v) is 7.75. The number of hydrogen-bond donors (Lipinski definition) is 2. The Hall–Kier alpha value is -2.70. The summed E-state index contributed by atoms with van der Waals surface area (Å²) < 4.78 is 0. The van der Waals surface area contributed by atoms with Crippen molar-refractivity contribution in [1.29, 1.82) is 0 Å². The van der Waals surface area contributed by atoms with E-state index in [1.54, 1.807) is 0 Å². The topological polar surface area (TPSA) is 72.5 Å². The Bertz CT molecular complexity index is 1180. The largest absolute Gasteiger partial charge is 0.480 e. The van der Waals surface area contributed by atoms with E-state index in [9.17, 15) is 9.90 Å². The maximum atomic E-state index is 12.5. The van der Waals surface area contributed by atoms with Gasteiger partial charge in [0.15, 0.2) is 0 Å². The second kappa shape index (κ2) is 12.2. The molecule has 39 heavy (non-hydrogen) atoms. The lowest BCUT2D eigenvalue weighted by molar-refractivity contribution is -0.145. The number of nitrogens with zero attached hydrogens (tertiary/aromatic N) is 3.